The number of nitriles is 1. The highest BCUT2D eigenvalue weighted by atomic mass is 16.5. The van der Waals surface area contributed by atoms with E-state index in [1.165, 1.54) is 0 Å². The third kappa shape index (κ3) is 4.13. The summed E-state index contributed by atoms with van der Waals surface area (Å²) in [5.74, 6) is 0.834. The average Bonchev–Trinajstić information content (AvgIpc) is 3.10. The van der Waals surface area contributed by atoms with E-state index in [4.69, 9.17) is 15.2 Å². The van der Waals surface area contributed by atoms with Crippen LogP contribution >= 0.6 is 0 Å². The lowest BCUT2D eigenvalue weighted by atomic mass is 10.1. The summed E-state index contributed by atoms with van der Waals surface area (Å²) in [4.78, 5) is 2.41. The molecule has 6 heteroatoms. The number of aryl methyl sites for hydroxylation is 1. The monoisotopic (exact) mass is 404 g/mol. The lowest BCUT2D eigenvalue weighted by molar-refractivity contribution is 0.0358. The van der Waals surface area contributed by atoms with E-state index < -0.39 is 0 Å². The van der Waals surface area contributed by atoms with E-state index in [1.54, 1.807) is 0 Å². The number of nitrogen functional groups attached to an aromatic ring is 1. The fourth-order valence-electron chi connectivity index (χ4n) is 4.15. The fraction of sp³-hybridized carbons (Fsp3) is 0.375. The van der Waals surface area contributed by atoms with Crippen molar-refractivity contribution in [2.45, 2.75) is 19.9 Å². The highest BCUT2D eigenvalue weighted by molar-refractivity contribution is 5.95. The van der Waals surface area contributed by atoms with Gasteiger partial charge in [-0.15, -0.1) is 0 Å². The van der Waals surface area contributed by atoms with E-state index in [-0.39, 0.29) is 0 Å². The fourth-order valence-corrected chi connectivity index (χ4v) is 4.15. The summed E-state index contributed by atoms with van der Waals surface area (Å²) in [7, 11) is 0. The van der Waals surface area contributed by atoms with Gasteiger partial charge in [-0.25, -0.2) is 0 Å². The summed E-state index contributed by atoms with van der Waals surface area (Å²) in [5.41, 5.74) is 10.2. The normalized spacial score (nSPS) is 14.7. The Morgan fingerprint density at radius 3 is 2.73 bits per heavy atom. The van der Waals surface area contributed by atoms with Crippen molar-refractivity contribution in [1.29, 1.82) is 5.26 Å². The maximum absolute atomic E-state index is 9.88. The summed E-state index contributed by atoms with van der Waals surface area (Å²) in [6.07, 6.45) is 0.977. The van der Waals surface area contributed by atoms with Crippen LogP contribution < -0.4 is 10.5 Å². The standard InChI is InChI=1S/C24H28N4O2/c1-2-28-23-16-20(30-12-4-9-27-10-13-29-14-11-27)7-8-21(23)22(17-25)24(28)18-5-3-6-19(26)15-18/h3,5-8,15-16H,2,4,9-14,26H2,1H3. The Morgan fingerprint density at radius 1 is 1.17 bits per heavy atom. The number of hydrogen-bond donors (Lipinski definition) is 1. The van der Waals surface area contributed by atoms with Crippen molar-refractivity contribution in [2.24, 2.45) is 0 Å². The molecule has 6 nitrogen and oxygen atoms in total. The van der Waals surface area contributed by atoms with Crippen LogP contribution in [-0.2, 0) is 11.3 Å². The predicted molar refractivity (Wildman–Crippen MR) is 120 cm³/mol. The molecule has 0 atom stereocenters. The molecule has 1 fully saturated rings. The SMILES string of the molecule is CCn1c(-c2cccc(N)c2)c(C#N)c2ccc(OCCCN3CCOCC3)cc21. The lowest BCUT2D eigenvalue weighted by Gasteiger charge is -2.26. The zero-order valence-corrected chi connectivity index (χ0v) is 17.4. The molecule has 0 amide bonds. The molecule has 2 aromatic carbocycles. The van der Waals surface area contributed by atoms with Gasteiger partial charge in [0.2, 0.25) is 0 Å². The molecule has 0 radical (unpaired) electrons. The molecule has 2 N–H and O–H groups in total. The third-order valence-electron chi connectivity index (χ3n) is 5.62. The number of anilines is 1. The first-order chi connectivity index (χ1) is 14.7. The minimum absolute atomic E-state index is 0.670. The number of ether oxygens (including phenoxy) is 2. The van der Waals surface area contributed by atoms with Crippen LogP contribution in [0.3, 0.4) is 0 Å². The van der Waals surface area contributed by atoms with Gasteiger partial charge in [-0.1, -0.05) is 12.1 Å². The average molecular weight is 405 g/mol. The second kappa shape index (κ2) is 9.21. The Hall–Kier alpha value is -3.01. The number of hydrogen-bond acceptors (Lipinski definition) is 5. The molecule has 0 saturated carbocycles. The summed E-state index contributed by atoms with van der Waals surface area (Å²) < 4.78 is 13.6. The molecule has 4 rings (SSSR count). The summed E-state index contributed by atoms with van der Waals surface area (Å²) in [6.45, 7) is 8.18. The minimum atomic E-state index is 0.670. The molecule has 1 saturated heterocycles. The second-order valence-corrected chi connectivity index (χ2v) is 7.54. The van der Waals surface area contributed by atoms with Gasteiger partial charge in [0, 0.05) is 48.9 Å². The Kier molecular flexibility index (Phi) is 6.22. The van der Waals surface area contributed by atoms with Crippen LogP contribution in [-0.4, -0.2) is 48.9 Å². The molecule has 30 heavy (non-hydrogen) atoms. The van der Waals surface area contributed by atoms with E-state index in [1.807, 2.05) is 42.5 Å². The largest absolute Gasteiger partial charge is 0.493 e. The molecule has 0 unspecified atom stereocenters. The van der Waals surface area contributed by atoms with E-state index in [2.05, 4.69) is 22.5 Å². The summed E-state index contributed by atoms with van der Waals surface area (Å²) in [6, 6.07) is 16.1. The van der Waals surface area contributed by atoms with Crippen LogP contribution in [0.1, 0.15) is 18.9 Å². The molecule has 0 spiro atoms. The Bertz CT molecular complexity index is 1060. The van der Waals surface area contributed by atoms with E-state index >= 15 is 0 Å². The molecule has 0 aliphatic carbocycles. The topological polar surface area (TPSA) is 76.4 Å². The van der Waals surface area contributed by atoms with E-state index in [0.717, 1.165) is 73.7 Å². The maximum Gasteiger partial charge on any atom is 0.121 e. The van der Waals surface area contributed by atoms with Gasteiger partial charge in [-0.05, 0) is 37.6 Å². The van der Waals surface area contributed by atoms with Gasteiger partial charge in [-0.3, -0.25) is 4.90 Å². The van der Waals surface area contributed by atoms with Crippen LogP contribution in [0, 0.1) is 11.3 Å². The Morgan fingerprint density at radius 2 is 2.00 bits per heavy atom. The van der Waals surface area contributed by atoms with Crippen molar-refractivity contribution >= 4 is 16.6 Å². The molecule has 3 aromatic rings. The van der Waals surface area contributed by atoms with Gasteiger partial charge < -0.3 is 19.8 Å². The molecular weight excluding hydrogens is 376 g/mol. The number of rotatable bonds is 7. The van der Waals surface area contributed by atoms with Gasteiger partial charge in [0.1, 0.15) is 11.8 Å². The Labute approximate surface area is 177 Å². The van der Waals surface area contributed by atoms with Crippen LogP contribution in [0.5, 0.6) is 5.75 Å². The van der Waals surface area contributed by atoms with E-state index in [0.29, 0.717) is 17.9 Å². The first kappa shape index (κ1) is 20.3. The van der Waals surface area contributed by atoms with Gasteiger partial charge in [0.15, 0.2) is 0 Å². The number of morpholine rings is 1. The third-order valence-corrected chi connectivity index (χ3v) is 5.62. The van der Waals surface area contributed by atoms with Crippen LogP contribution in [0.4, 0.5) is 5.69 Å². The van der Waals surface area contributed by atoms with Crippen molar-refractivity contribution in [3.8, 4) is 23.1 Å². The first-order valence-electron chi connectivity index (χ1n) is 10.6. The first-order valence-corrected chi connectivity index (χ1v) is 10.6. The van der Waals surface area contributed by atoms with Crippen molar-refractivity contribution < 1.29 is 9.47 Å². The van der Waals surface area contributed by atoms with Crippen molar-refractivity contribution in [2.75, 3.05) is 45.2 Å². The summed E-state index contributed by atoms with van der Waals surface area (Å²) in [5, 5.41) is 10.8. The van der Waals surface area contributed by atoms with Crippen molar-refractivity contribution in [3.63, 3.8) is 0 Å². The molecule has 1 aliphatic heterocycles. The zero-order valence-electron chi connectivity index (χ0n) is 17.4. The number of fused-ring (bicyclic) bond motifs is 1. The smallest absolute Gasteiger partial charge is 0.121 e. The van der Waals surface area contributed by atoms with Gasteiger partial charge in [-0.2, -0.15) is 5.26 Å². The molecule has 156 valence electrons. The maximum atomic E-state index is 9.88. The van der Waals surface area contributed by atoms with Crippen molar-refractivity contribution in [1.82, 2.24) is 9.47 Å². The number of nitrogens with zero attached hydrogens (tertiary/aromatic N) is 3. The van der Waals surface area contributed by atoms with Gasteiger partial charge in [0.05, 0.1) is 36.6 Å². The van der Waals surface area contributed by atoms with Gasteiger partial charge >= 0.3 is 0 Å². The summed E-state index contributed by atoms with van der Waals surface area (Å²) >= 11 is 0. The highest BCUT2D eigenvalue weighted by Gasteiger charge is 2.18. The van der Waals surface area contributed by atoms with Crippen molar-refractivity contribution in [3.05, 3.63) is 48.0 Å². The second-order valence-electron chi connectivity index (χ2n) is 7.54. The number of benzene rings is 2. The Balaban J connectivity index is 1.57. The molecule has 1 aromatic heterocycles. The van der Waals surface area contributed by atoms with Gasteiger partial charge in [0.25, 0.3) is 0 Å². The number of nitrogens with two attached hydrogens (primary N) is 1. The lowest BCUT2D eigenvalue weighted by Crippen LogP contribution is -2.37. The zero-order chi connectivity index (χ0) is 20.9. The van der Waals surface area contributed by atoms with E-state index in [9.17, 15) is 5.26 Å². The highest BCUT2D eigenvalue weighted by Crippen LogP contribution is 2.35. The minimum Gasteiger partial charge on any atom is -0.493 e. The van der Waals surface area contributed by atoms with Crippen LogP contribution in [0.15, 0.2) is 42.5 Å². The molecule has 0 bridgehead atoms. The van der Waals surface area contributed by atoms with Crippen LogP contribution in [0.25, 0.3) is 22.2 Å². The number of aromatic nitrogens is 1. The quantitative estimate of drug-likeness (QED) is 0.478. The molecule has 2 heterocycles. The van der Waals surface area contributed by atoms with Crippen LogP contribution in [0.2, 0.25) is 0 Å². The molecular formula is C24H28N4O2. The predicted octanol–water partition coefficient (Wildman–Crippen LogP) is 3.88. The molecule has 1 aliphatic rings.